The maximum Gasteiger partial charge on any atom is 0.341 e. The summed E-state index contributed by atoms with van der Waals surface area (Å²) < 4.78 is 4.74. The Morgan fingerprint density at radius 3 is 3.00 bits per heavy atom. The van der Waals surface area contributed by atoms with Crippen molar-refractivity contribution in [3.05, 3.63) is 53.3 Å². The average Bonchev–Trinajstić information content (AvgIpc) is 2.96. The highest BCUT2D eigenvalue weighted by molar-refractivity contribution is 6.30. The first-order valence-electron chi connectivity index (χ1n) is 6.25. The summed E-state index contributed by atoms with van der Waals surface area (Å²) in [5.74, 6) is -0.0867. The highest BCUT2D eigenvalue weighted by Gasteiger charge is 2.14. The lowest BCUT2D eigenvalue weighted by Crippen LogP contribution is -2.07. The van der Waals surface area contributed by atoms with Crippen molar-refractivity contribution in [3.63, 3.8) is 0 Å². The summed E-state index contributed by atoms with van der Waals surface area (Å²) in [6.45, 7) is 0. The monoisotopic (exact) mass is 301 g/mol. The van der Waals surface area contributed by atoms with Crippen LogP contribution in [0.5, 0.6) is 0 Å². The molecule has 0 aliphatic rings. The number of hydrogen-bond acceptors (Lipinski definition) is 4. The molecule has 6 heteroatoms. The molecule has 0 unspecified atom stereocenters. The summed E-state index contributed by atoms with van der Waals surface area (Å²) in [7, 11) is 1.32. The normalized spacial score (nSPS) is 10.6. The number of aromatic nitrogens is 2. The number of esters is 1. The number of ether oxygens (including phenoxy) is 1. The maximum absolute atomic E-state index is 11.8. The van der Waals surface area contributed by atoms with E-state index in [2.05, 4.69) is 15.3 Å². The molecule has 2 aromatic heterocycles. The number of fused-ring (bicyclic) bond motifs is 1. The smallest absolute Gasteiger partial charge is 0.341 e. The third kappa shape index (κ3) is 2.68. The molecule has 0 amide bonds. The number of hydrogen-bond donors (Lipinski definition) is 2. The number of nitrogens with one attached hydrogen (secondary N) is 2. The van der Waals surface area contributed by atoms with Crippen LogP contribution in [0.2, 0.25) is 5.02 Å². The van der Waals surface area contributed by atoms with Crippen LogP contribution in [0.4, 0.5) is 11.5 Å². The molecule has 0 aliphatic heterocycles. The van der Waals surface area contributed by atoms with Crippen LogP contribution in [0.25, 0.3) is 10.9 Å². The third-order valence-corrected chi connectivity index (χ3v) is 3.28. The lowest BCUT2D eigenvalue weighted by atomic mass is 10.2. The molecule has 0 saturated heterocycles. The highest BCUT2D eigenvalue weighted by atomic mass is 35.5. The average molecular weight is 302 g/mol. The van der Waals surface area contributed by atoms with Gasteiger partial charge in [-0.3, -0.25) is 0 Å². The quantitative estimate of drug-likeness (QED) is 0.723. The van der Waals surface area contributed by atoms with E-state index in [0.29, 0.717) is 16.4 Å². The van der Waals surface area contributed by atoms with Crippen LogP contribution >= 0.6 is 11.6 Å². The zero-order chi connectivity index (χ0) is 14.8. The molecule has 0 bridgehead atoms. The van der Waals surface area contributed by atoms with Gasteiger partial charge >= 0.3 is 5.97 Å². The van der Waals surface area contributed by atoms with E-state index in [9.17, 15) is 4.79 Å². The Hall–Kier alpha value is -2.53. The minimum absolute atomic E-state index is 0.291. The summed E-state index contributed by atoms with van der Waals surface area (Å²) in [6.07, 6.45) is 3.35. The first-order valence-corrected chi connectivity index (χ1v) is 6.63. The molecule has 106 valence electrons. The Balaban J connectivity index is 1.98. The predicted octanol–water partition coefficient (Wildman–Crippen LogP) is 3.75. The molecule has 0 fully saturated rings. The fourth-order valence-electron chi connectivity index (χ4n) is 2.07. The van der Waals surface area contributed by atoms with Crippen molar-refractivity contribution >= 4 is 40.0 Å². The summed E-state index contributed by atoms with van der Waals surface area (Å²) in [6, 6.07) is 9.30. The molecule has 2 heterocycles. The molecule has 3 rings (SSSR count). The Bertz CT molecular complexity index is 814. The van der Waals surface area contributed by atoms with E-state index >= 15 is 0 Å². The number of aromatic amines is 1. The standard InChI is InChI=1S/C15H12ClN3O2/c1-21-15(20)12-7-10(16)8-18-14(12)19-11-2-3-13-9(6-11)4-5-17-13/h2-8,17H,1H3,(H,18,19). The number of H-pyrrole nitrogens is 1. The van der Waals surface area contributed by atoms with Crippen LogP contribution in [0.1, 0.15) is 10.4 Å². The van der Waals surface area contributed by atoms with Crippen LogP contribution in [-0.4, -0.2) is 23.0 Å². The van der Waals surface area contributed by atoms with Gasteiger partial charge in [0.1, 0.15) is 11.4 Å². The Kier molecular flexibility index (Phi) is 3.50. The van der Waals surface area contributed by atoms with E-state index in [-0.39, 0.29) is 0 Å². The SMILES string of the molecule is COC(=O)c1cc(Cl)cnc1Nc1ccc2[nH]ccc2c1. The molecule has 21 heavy (non-hydrogen) atoms. The maximum atomic E-state index is 11.8. The van der Waals surface area contributed by atoms with E-state index in [1.54, 1.807) is 0 Å². The van der Waals surface area contributed by atoms with E-state index < -0.39 is 5.97 Å². The van der Waals surface area contributed by atoms with E-state index in [1.807, 2.05) is 30.5 Å². The highest BCUT2D eigenvalue weighted by Crippen LogP contribution is 2.24. The number of carbonyl (C=O) groups excluding carboxylic acids is 1. The fourth-order valence-corrected chi connectivity index (χ4v) is 2.23. The second-order valence-electron chi connectivity index (χ2n) is 4.45. The summed E-state index contributed by atoms with van der Waals surface area (Å²) in [5.41, 5.74) is 2.15. The van der Waals surface area contributed by atoms with Crippen LogP contribution < -0.4 is 5.32 Å². The molecule has 5 nitrogen and oxygen atoms in total. The van der Waals surface area contributed by atoms with Crippen LogP contribution in [0, 0.1) is 0 Å². The van der Waals surface area contributed by atoms with Crippen molar-refractivity contribution in [1.29, 1.82) is 0 Å². The van der Waals surface area contributed by atoms with Gasteiger partial charge in [0, 0.05) is 29.0 Å². The van der Waals surface area contributed by atoms with Gasteiger partial charge in [-0.15, -0.1) is 0 Å². The number of halogens is 1. The van der Waals surface area contributed by atoms with E-state index in [4.69, 9.17) is 16.3 Å². The largest absolute Gasteiger partial charge is 0.465 e. The predicted molar refractivity (Wildman–Crippen MR) is 82.2 cm³/mol. The van der Waals surface area contributed by atoms with Crippen molar-refractivity contribution in [2.75, 3.05) is 12.4 Å². The minimum Gasteiger partial charge on any atom is -0.465 e. The van der Waals surface area contributed by atoms with Gasteiger partial charge in [-0.25, -0.2) is 9.78 Å². The topological polar surface area (TPSA) is 67.0 Å². The first-order chi connectivity index (χ1) is 10.2. The second-order valence-corrected chi connectivity index (χ2v) is 4.88. The number of nitrogens with zero attached hydrogens (tertiary/aromatic N) is 1. The van der Waals surface area contributed by atoms with E-state index in [1.165, 1.54) is 19.4 Å². The summed E-state index contributed by atoms with van der Waals surface area (Å²) in [5, 5.41) is 4.55. The van der Waals surface area contributed by atoms with Crippen molar-refractivity contribution in [3.8, 4) is 0 Å². The zero-order valence-corrected chi connectivity index (χ0v) is 11.9. The van der Waals surface area contributed by atoms with Crippen molar-refractivity contribution in [2.45, 2.75) is 0 Å². The van der Waals surface area contributed by atoms with E-state index in [0.717, 1.165) is 16.6 Å². The van der Waals surface area contributed by atoms with Crippen LogP contribution in [0.3, 0.4) is 0 Å². The molecule has 3 aromatic rings. The number of pyridine rings is 1. The third-order valence-electron chi connectivity index (χ3n) is 3.08. The number of anilines is 2. The molecule has 0 aliphatic carbocycles. The molecular formula is C15H12ClN3O2. The van der Waals surface area contributed by atoms with Gasteiger partial charge in [0.05, 0.1) is 12.1 Å². The first kappa shape index (κ1) is 13.5. The molecular weight excluding hydrogens is 290 g/mol. The molecule has 0 saturated carbocycles. The summed E-state index contributed by atoms with van der Waals surface area (Å²) in [4.78, 5) is 19.1. The van der Waals surface area contributed by atoms with Gasteiger partial charge in [-0.1, -0.05) is 11.6 Å². The Labute approximate surface area is 125 Å². The molecule has 2 N–H and O–H groups in total. The molecule has 0 spiro atoms. The number of benzene rings is 1. The fraction of sp³-hybridized carbons (Fsp3) is 0.0667. The van der Waals surface area contributed by atoms with Gasteiger partial charge < -0.3 is 15.0 Å². The zero-order valence-electron chi connectivity index (χ0n) is 11.2. The Morgan fingerprint density at radius 1 is 1.33 bits per heavy atom. The van der Waals surface area contributed by atoms with Crippen LogP contribution in [-0.2, 0) is 4.74 Å². The minimum atomic E-state index is -0.491. The lowest BCUT2D eigenvalue weighted by Gasteiger charge is -2.10. The Morgan fingerprint density at radius 2 is 2.19 bits per heavy atom. The lowest BCUT2D eigenvalue weighted by molar-refractivity contribution is 0.0601. The van der Waals surface area contributed by atoms with Gasteiger partial charge in [-0.2, -0.15) is 0 Å². The molecule has 1 aromatic carbocycles. The van der Waals surface area contributed by atoms with Gasteiger partial charge in [0.25, 0.3) is 0 Å². The van der Waals surface area contributed by atoms with Crippen molar-refractivity contribution in [1.82, 2.24) is 9.97 Å². The van der Waals surface area contributed by atoms with Gasteiger partial charge in [-0.05, 0) is 30.3 Å². The molecule has 0 atom stereocenters. The van der Waals surface area contributed by atoms with Gasteiger partial charge in [0.15, 0.2) is 0 Å². The van der Waals surface area contributed by atoms with Crippen molar-refractivity contribution < 1.29 is 9.53 Å². The second kappa shape index (κ2) is 5.46. The number of carbonyl (C=O) groups is 1. The van der Waals surface area contributed by atoms with Crippen molar-refractivity contribution in [2.24, 2.45) is 0 Å². The van der Waals surface area contributed by atoms with Crippen LogP contribution in [0.15, 0.2) is 42.7 Å². The summed E-state index contributed by atoms with van der Waals surface area (Å²) >= 11 is 5.88. The number of rotatable bonds is 3. The van der Waals surface area contributed by atoms with Gasteiger partial charge in [0.2, 0.25) is 0 Å². The molecule has 0 radical (unpaired) electrons. The number of methoxy groups -OCH3 is 1.